The predicted octanol–water partition coefficient (Wildman–Crippen LogP) is 3.53. The van der Waals surface area contributed by atoms with Crippen LogP contribution in [-0.4, -0.2) is 29.7 Å². The van der Waals surface area contributed by atoms with Crippen molar-refractivity contribution in [2.45, 2.75) is 20.4 Å². The Labute approximate surface area is 157 Å². The largest absolute Gasteiger partial charge is 0.492 e. The van der Waals surface area contributed by atoms with Gasteiger partial charge >= 0.3 is 5.97 Å². The third-order valence-electron chi connectivity index (χ3n) is 4.13. The van der Waals surface area contributed by atoms with E-state index in [0.29, 0.717) is 18.0 Å². The minimum atomic E-state index is -0.465. The molecule has 0 atom stereocenters. The second-order valence-electron chi connectivity index (χ2n) is 6.07. The van der Waals surface area contributed by atoms with Gasteiger partial charge in [-0.15, -0.1) is 0 Å². The Morgan fingerprint density at radius 1 is 1.07 bits per heavy atom. The smallest absolute Gasteiger partial charge is 0.326 e. The lowest BCUT2D eigenvalue weighted by Crippen LogP contribution is -2.23. The highest BCUT2D eigenvalue weighted by molar-refractivity contribution is 5.94. The first-order valence-corrected chi connectivity index (χ1v) is 8.80. The van der Waals surface area contributed by atoms with Crippen LogP contribution in [-0.2, 0) is 20.9 Å². The van der Waals surface area contributed by atoms with Gasteiger partial charge in [-0.1, -0.05) is 30.3 Å². The summed E-state index contributed by atoms with van der Waals surface area (Å²) in [6.07, 6.45) is 0. The molecule has 140 valence electrons. The average Bonchev–Trinajstić information content (AvgIpc) is 2.97. The van der Waals surface area contributed by atoms with Gasteiger partial charge in [-0.05, 0) is 43.5 Å². The van der Waals surface area contributed by atoms with Crippen molar-refractivity contribution in [1.82, 2.24) is 4.57 Å². The molecular weight excluding hydrogens is 344 g/mol. The van der Waals surface area contributed by atoms with E-state index < -0.39 is 11.9 Å². The van der Waals surface area contributed by atoms with Crippen LogP contribution in [0, 0.1) is 6.92 Å². The molecule has 0 unspecified atom stereocenters. The second-order valence-corrected chi connectivity index (χ2v) is 6.07. The van der Waals surface area contributed by atoms with Crippen LogP contribution in [0.25, 0.3) is 10.9 Å². The molecule has 0 bridgehead atoms. The monoisotopic (exact) mass is 366 g/mol. The fourth-order valence-electron chi connectivity index (χ4n) is 2.92. The summed E-state index contributed by atoms with van der Waals surface area (Å²) in [4.78, 5) is 24.3. The van der Waals surface area contributed by atoms with E-state index in [1.807, 2.05) is 54.8 Å². The fraction of sp³-hybridized carbons (Fsp3) is 0.238. The van der Waals surface area contributed by atoms with Crippen molar-refractivity contribution in [1.29, 1.82) is 0 Å². The van der Waals surface area contributed by atoms with Gasteiger partial charge in [-0.2, -0.15) is 0 Å². The number of hydrogen-bond acceptors (Lipinski definition) is 4. The minimum absolute atomic E-state index is 0.0577. The standard InChI is InChI=1S/C21H22N2O4/c1-3-26-19-11-7-5-9-17(19)22-20(24)14-27-21(25)13-23-15(2)12-16-8-4-6-10-18(16)23/h4-12H,3,13-14H2,1-2H3,(H,22,24). The number of esters is 1. The van der Waals surface area contributed by atoms with Gasteiger partial charge in [0.1, 0.15) is 12.3 Å². The van der Waals surface area contributed by atoms with Crippen molar-refractivity contribution in [2.24, 2.45) is 0 Å². The van der Waals surface area contributed by atoms with Crippen molar-refractivity contribution < 1.29 is 19.1 Å². The topological polar surface area (TPSA) is 69.6 Å². The maximum atomic E-state index is 12.2. The quantitative estimate of drug-likeness (QED) is 0.650. The lowest BCUT2D eigenvalue weighted by molar-refractivity contribution is -0.147. The lowest BCUT2D eigenvalue weighted by Gasteiger charge is -2.12. The van der Waals surface area contributed by atoms with E-state index in [4.69, 9.17) is 9.47 Å². The molecule has 0 aliphatic rings. The highest BCUT2D eigenvalue weighted by Gasteiger charge is 2.13. The molecule has 1 aromatic heterocycles. The van der Waals surface area contributed by atoms with Gasteiger partial charge < -0.3 is 19.4 Å². The van der Waals surface area contributed by atoms with Crippen LogP contribution in [0.2, 0.25) is 0 Å². The lowest BCUT2D eigenvalue weighted by atomic mass is 10.2. The van der Waals surface area contributed by atoms with E-state index in [1.165, 1.54) is 0 Å². The summed E-state index contributed by atoms with van der Waals surface area (Å²) in [7, 11) is 0. The minimum Gasteiger partial charge on any atom is -0.492 e. The molecule has 0 saturated heterocycles. The number of ether oxygens (including phenoxy) is 2. The number of benzene rings is 2. The molecule has 27 heavy (non-hydrogen) atoms. The third kappa shape index (κ3) is 4.47. The molecule has 6 nitrogen and oxygen atoms in total. The number of para-hydroxylation sites is 3. The number of carbonyl (C=O) groups is 2. The summed E-state index contributed by atoms with van der Waals surface area (Å²) in [5.41, 5.74) is 2.47. The van der Waals surface area contributed by atoms with E-state index >= 15 is 0 Å². The number of fused-ring (bicyclic) bond motifs is 1. The third-order valence-corrected chi connectivity index (χ3v) is 4.13. The summed E-state index contributed by atoms with van der Waals surface area (Å²) in [6.45, 7) is 4.00. The van der Waals surface area contributed by atoms with Crippen molar-refractivity contribution in [3.8, 4) is 5.75 Å². The van der Waals surface area contributed by atoms with E-state index in [9.17, 15) is 9.59 Å². The number of rotatable bonds is 7. The molecule has 0 saturated carbocycles. The zero-order valence-corrected chi connectivity index (χ0v) is 15.4. The SMILES string of the molecule is CCOc1ccccc1NC(=O)COC(=O)Cn1c(C)cc2ccccc21. The van der Waals surface area contributed by atoms with Crippen LogP contribution in [0.1, 0.15) is 12.6 Å². The Morgan fingerprint density at radius 3 is 2.63 bits per heavy atom. The summed E-state index contributed by atoms with van der Waals surface area (Å²) in [6, 6.07) is 17.0. The molecule has 1 amide bonds. The molecule has 1 heterocycles. The zero-order chi connectivity index (χ0) is 19.2. The zero-order valence-electron chi connectivity index (χ0n) is 15.4. The van der Waals surface area contributed by atoms with Gasteiger partial charge in [0.15, 0.2) is 6.61 Å². The van der Waals surface area contributed by atoms with Gasteiger partial charge in [0, 0.05) is 11.2 Å². The van der Waals surface area contributed by atoms with Crippen LogP contribution in [0.15, 0.2) is 54.6 Å². The average molecular weight is 366 g/mol. The molecular formula is C21H22N2O4. The second kappa shape index (κ2) is 8.40. The molecule has 6 heteroatoms. The van der Waals surface area contributed by atoms with Crippen LogP contribution in [0.3, 0.4) is 0 Å². The summed E-state index contributed by atoms with van der Waals surface area (Å²) in [5.74, 6) is -0.300. The Balaban J connectivity index is 1.57. The van der Waals surface area contributed by atoms with Gasteiger partial charge in [0.05, 0.1) is 12.3 Å². The van der Waals surface area contributed by atoms with E-state index in [1.54, 1.807) is 18.2 Å². The van der Waals surface area contributed by atoms with Crippen LogP contribution < -0.4 is 10.1 Å². The van der Waals surface area contributed by atoms with Crippen LogP contribution in [0.5, 0.6) is 5.75 Å². The molecule has 0 radical (unpaired) electrons. The van der Waals surface area contributed by atoms with E-state index in [0.717, 1.165) is 16.6 Å². The summed E-state index contributed by atoms with van der Waals surface area (Å²) in [5, 5.41) is 3.77. The summed E-state index contributed by atoms with van der Waals surface area (Å²) >= 11 is 0. The van der Waals surface area contributed by atoms with Crippen LogP contribution in [0.4, 0.5) is 5.69 Å². The Hall–Kier alpha value is -3.28. The van der Waals surface area contributed by atoms with E-state index in [-0.39, 0.29) is 13.2 Å². The fourth-order valence-corrected chi connectivity index (χ4v) is 2.92. The first-order chi connectivity index (χ1) is 13.1. The van der Waals surface area contributed by atoms with Gasteiger partial charge in [0.25, 0.3) is 5.91 Å². The van der Waals surface area contributed by atoms with Crippen molar-refractivity contribution >= 4 is 28.5 Å². The number of aromatic nitrogens is 1. The Kier molecular flexibility index (Phi) is 5.76. The number of carbonyl (C=O) groups excluding carboxylic acids is 2. The number of hydrogen-bond donors (Lipinski definition) is 1. The molecule has 1 N–H and O–H groups in total. The molecule has 2 aromatic carbocycles. The molecule has 0 aliphatic carbocycles. The number of anilines is 1. The maximum absolute atomic E-state index is 12.2. The number of amides is 1. The van der Waals surface area contributed by atoms with Gasteiger partial charge in [0.2, 0.25) is 0 Å². The van der Waals surface area contributed by atoms with E-state index in [2.05, 4.69) is 5.32 Å². The van der Waals surface area contributed by atoms with Crippen molar-refractivity contribution in [3.05, 3.63) is 60.3 Å². The number of nitrogens with zero attached hydrogens (tertiary/aromatic N) is 1. The molecule has 3 aromatic rings. The van der Waals surface area contributed by atoms with Crippen molar-refractivity contribution in [2.75, 3.05) is 18.5 Å². The molecule has 0 spiro atoms. The number of aryl methyl sites for hydroxylation is 1. The maximum Gasteiger partial charge on any atom is 0.326 e. The molecule has 0 fully saturated rings. The first kappa shape index (κ1) is 18.5. The van der Waals surface area contributed by atoms with Gasteiger partial charge in [-0.25, -0.2) is 0 Å². The molecule has 0 aliphatic heterocycles. The number of nitrogens with one attached hydrogen (secondary N) is 1. The van der Waals surface area contributed by atoms with Crippen LogP contribution >= 0.6 is 0 Å². The highest BCUT2D eigenvalue weighted by Crippen LogP contribution is 2.23. The first-order valence-electron chi connectivity index (χ1n) is 8.80. The Morgan fingerprint density at radius 2 is 1.81 bits per heavy atom. The summed E-state index contributed by atoms with van der Waals surface area (Å²) < 4.78 is 12.5. The highest BCUT2D eigenvalue weighted by atomic mass is 16.5. The normalized spacial score (nSPS) is 10.6. The van der Waals surface area contributed by atoms with Gasteiger partial charge in [-0.3, -0.25) is 9.59 Å². The molecule has 3 rings (SSSR count). The predicted molar refractivity (Wildman–Crippen MR) is 104 cm³/mol. The van der Waals surface area contributed by atoms with Crippen molar-refractivity contribution in [3.63, 3.8) is 0 Å². The Bertz CT molecular complexity index is 962.